The van der Waals surface area contributed by atoms with E-state index in [9.17, 15) is 0 Å². The smallest absolute Gasteiger partial charge is 0.136 e. The van der Waals surface area contributed by atoms with Gasteiger partial charge in [-0.25, -0.2) is 0 Å². The van der Waals surface area contributed by atoms with Crippen LogP contribution in [0.25, 0.3) is 21.9 Å². The molecule has 0 N–H and O–H groups in total. The summed E-state index contributed by atoms with van der Waals surface area (Å²) >= 11 is 12.1. The average molecular weight is 275 g/mol. The summed E-state index contributed by atoms with van der Waals surface area (Å²) in [5.41, 5.74) is 2.21. The molecule has 0 unspecified atom stereocenters. The molecule has 4 heteroatoms. The number of fused-ring (bicyclic) bond motifs is 1. The van der Waals surface area contributed by atoms with E-state index in [1.54, 1.807) is 0 Å². The van der Waals surface area contributed by atoms with E-state index in [-0.39, 0.29) is 0 Å². The van der Waals surface area contributed by atoms with E-state index in [4.69, 9.17) is 23.2 Å². The highest BCUT2D eigenvalue weighted by Gasteiger charge is 2.07. The van der Waals surface area contributed by atoms with Crippen molar-refractivity contribution in [3.63, 3.8) is 0 Å². The quantitative estimate of drug-likeness (QED) is 0.648. The normalized spacial score (nSPS) is 10.8. The van der Waals surface area contributed by atoms with Gasteiger partial charge >= 0.3 is 0 Å². The van der Waals surface area contributed by atoms with Gasteiger partial charge in [-0.05, 0) is 17.2 Å². The predicted octanol–water partition coefficient (Wildman–Crippen LogP) is 4.60. The zero-order valence-corrected chi connectivity index (χ0v) is 10.8. The largest absolute Gasteiger partial charge is 0.159 e. The Morgan fingerprint density at radius 3 is 2.06 bits per heavy atom. The Labute approximate surface area is 114 Å². The highest BCUT2D eigenvalue weighted by Crippen LogP contribution is 2.30. The van der Waals surface area contributed by atoms with Crippen molar-refractivity contribution < 1.29 is 0 Å². The van der Waals surface area contributed by atoms with Gasteiger partial charge in [-0.3, -0.25) is 0 Å². The number of rotatable bonds is 1. The molecule has 3 rings (SSSR count). The maximum Gasteiger partial charge on any atom is 0.159 e. The number of hydrogen-bond donors (Lipinski definition) is 0. The second-order valence-corrected chi connectivity index (χ2v) is 4.62. The molecule has 0 fully saturated rings. The van der Waals surface area contributed by atoms with E-state index in [1.165, 1.54) is 0 Å². The Kier molecular flexibility index (Phi) is 2.90. The molecular formula is C14H8Cl2N2. The minimum absolute atomic E-state index is 0.368. The summed E-state index contributed by atoms with van der Waals surface area (Å²) in [5, 5.41) is 9.99. The maximum absolute atomic E-state index is 6.06. The predicted molar refractivity (Wildman–Crippen MR) is 75.0 cm³/mol. The molecule has 0 aliphatic heterocycles. The molecule has 1 heterocycles. The topological polar surface area (TPSA) is 25.8 Å². The van der Waals surface area contributed by atoms with Crippen molar-refractivity contribution in [3.05, 3.63) is 58.8 Å². The summed E-state index contributed by atoms with van der Waals surface area (Å²) in [4.78, 5) is 0. The van der Waals surface area contributed by atoms with Crippen molar-refractivity contribution in [1.82, 2.24) is 10.2 Å². The third-order valence-corrected chi connectivity index (χ3v) is 3.36. The van der Waals surface area contributed by atoms with Crippen molar-refractivity contribution in [3.8, 4) is 11.1 Å². The number of benzene rings is 2. The van der Waals surface area contributed by atoms with Crippen LogP contribution in [0.5, 0.6) is 0 Å². The Morgan fingerprint density at radius 2 is 1.33 bits per heavy atom. The molecule has 2 nitrogen and oxygen atoms in total. The Bertz CT molecular complexity index is 712. The fourth-order valence-electron chi connectivity index (χ4n) is 1.90. The van der Waals surface area contributed by atoms with Crippen molar-refractivity contribution in [2.24, 2.45) is 0 Å². The minimum atomic E-state index is 0.368. The van der Waals surface area contributed by atoms with Crippen LogP contribution in [0.15, 0.2) is 48.5 Å². The highest BCUT2D eigenvalue weighted by molar-refractivity contribution is 6.38. The van der Waals surface area contributed by atoms with E-state index in [0.717, 1.165) is 21.9 Å². The molecule has 0 spiro atoms. The molecule has 0 aliphatic rings. The SMILES string of the molecule is Clc1nnc(Cl)c2cc(-c3ccccc3)ccc12. The summed E-state index contributed by atoms with van der Waals surface area (Å²) in [5.74, 6) is 0. The van der Waals surface area contributed by atoms with Crippen molar-refractivity contribution >= 4 is 34.0 Å². The van der Waals surface area contributed by atoms with Gasteiger partial charge in [0.1, 0.15) is 0 Å². The van der Waals surface area contributed by atoms with Gasteiger partial charge in [0.2, 0.25) is 0 Å². The van der Waals surface area contributed by atoms with Crippen molar-refractivity contribution in [1.29, 1.82) is 0 Å². The van der Waals surface area contributed by atoms with Crippen LogP contribution >= 0.6 is 23.2 Å². The molecule has 0 amide bonds. The lowest BCUT2D eigenvalue weighted by atomic mass is 10.0. The number of aromatic nitrogens is 2. The zero-order valence-electron chi connectivity index (χ0n) is 9.27. The molecule has 3 aromatic rings. The molecular weight excluding hydrogens is 267 g/mol. The fraction of sp³-hybridized carbons (Fsp3) is 0. The first-order valence-corrected chi connectivity index (χ1v) is 6.18. The van der Waals surface area contributed by atoms with E-state index in [2.05, 4.69) is 10.2 Å². The summed E-state index contributed by atoms with van der Waals surface area (Å²) in [6, 6.07) is 16.0. The van der Waals surface area contributed by atoms with Gasteiger partial charge in [-0.2, -0.15) is 0 Å². The molecule has 0 aliphatic carbocycles. The fourth-order valence-corrected chi connectivity index (χ4v) is 2.30. The molecule has 2 aromatic carbocycles. The van der Waals surface area contributed by atoms with Crippen LogP contribution in [0.1, 0.15) is 0 Å². The van der Waals surface area contributed by atoms with Gasteiger partial charge in [0.15, 0.2) is 10.3 Å². The van der Waals surface area contributed by atoms with Crippen LogP contribution in [0.4, 0.5) is 0 Å². The minimum Gasteiger partial charge on any atom is -0.136 e. The van der Waals surface area contributed by atoms with Gasteiger partial charge < -0.3 is 0 Å². The lowest BCUT2D eigenvalue weighted by Gasteiger charge is -2.05. The lowest BCUT2D eigenvalue weighted by Crippen LogP contribution is -1.87. The molecule has 0 saturated heterocycles. The van der Waals surface area contributed by atoms with E-state index < -0.39 is 0 Å². The summed E-state index contributed by atoms with van der Waals surface area (Å²) in [6.45, 7) is 0. The van der Waals surface area contributed by atoms with Gasteiger partial charge in [0.05, 0.1) is 0 Å². The second kappa shape index (κ2) is 4.56. The summed E-state index contributed by atoms with van der Waals surface area (Å²) in [7, 11) is 0. The second-order valence-electron chi connectivity index (χ2n) is 3.91. The average Bonchev–Trinajstić information content (AvgIpc) is 2.44. The van der Waals surface area contributed by atoms with Crippen LogP contribution < -0.4 is 0 Å². The Hall–Kier alpha value is -1.64. The number of nitrogens with zero attached hydrogens (tertiary/aromatic N) is 2. The van der Waals surface area contributed by atoms with Crippen molar-refractivity contribution in [2.75, 3.05) is 0 Å². The monoisotopic (exact) mass is 274 g/mol. The summed E-state index contributed by atoms with van der Waals surface area (Å²) < 4.78 is 0. The van der Waals surface area contributed by atoms with Gasteiger partial charge in [0.25, 0.3) is 0 Å². The zero-order chi connectivity index (χ0) is 12.5. The molecule has 0 radical (unpaired) electrons. The maximum atomic E-state index is 6.06. The number of halogens is 2. The van der Waals surface area contributed by atoms with Gasteiger partial charge in [0, 0.05) is 10.8 Å². The first-order chi connectivity index (χ1) is 8.75. The molecule has 0 saturated carbocycles. The van der Waals surface area contributed by atoms with Crippen LogP contribution in [-0.4, -0.2) is 10.2 Å². The van der Waals surface area contributed by atoms with E-state index in [0.29, 0.717) is 10.3 Å². The number of hydrogen-bond acceptors (Lipinski definition) is 2. The third kappa shape index (κ3) is 1.94. The summed E-state index contributed by atoms with van der Waals surface area (Å²) in [6.07, 6.45) is 0. The van der Waals surface area contributed by atoms with Crippen molar-refractivity contribution in [2.45, 2.75) is 0 Å². The molecule has 0 atom stereocenters. The van der Waals surface area contributed by atoms with E-state index >= 15 is 0 Å². The van der Waals surface area contributed by atoms with Crippen LogP contribution in [0, 0.1) is 0 Å². The molecule has 88 valence electrons. The van der Waals surface area contributed by atoms with Crippen LogP contribution in [0.2, 0.25) is 10.3 Å². The first kappa shape index (κ1) is 11.5. The Morgan fingerprint density at radius 1 is 0.667 bits per heavy atom. The molecule has 1 aromatic heterocycles. The molecule has 18 heavy (non-hydrogen) atoms. The third-order valence-electron chi connectivity index (χ3n) is 2.80. The standard InChI is InChI=1S/C14H8Cl2N2/c15-13-11-7-6-10(9-4-2-1-3-5-9)8-12(11)14(16)18-17-13/h1-8H. The molecule has 0 bridgehead atoms. The van der Waals surface area contributed by atoms with Crippen LogP contribution in [0.3, 0.4) is 0 Å². The van der Waals surface area contributed by atoms with Crippen LogP contribution in [-0.2, 0) is 0 Å². The lowest BCUT2D eigenvalue weighted by molar-refractivity contribution is 1.05. The Balaban J connectivity index is 2.26. The van der Waals surface area contributed by atoms with Gasteiger partial charge in [-0.1, -0.05) is 65.7 Å². The highest BCUT2D eigenvalue weighted by atomic mass is 35.5. The van der Waals surface area contributed by atoms with Gasteiger partial charge in [-0.15, -0.1) is 10.2 Å². The first-order valence-electron chi connectivity index (χ1n) is 5.42. The van der Waals surface area contributed by atoms with E-state index in [1.807, 2.05) is 48.5 Å².